The Morgan fingerprint density at radius 2 is 1.80 bits per heavy atom. The number of rotatable bonds is 0. The monoisotopic (exact) mass is 194 g/mol. The molecular formula is C15H14. The number of hydrogen-bond donors (Lipinski definition) is 0. The summed E-state index contributed by atoms with van der Waals surface area (Å²) in [4.78, 5) is 0. The van der Waals surface area contributed by atoms with Crippen LogP contribution in [0.25, 0.3) is 16.8 Å². The number of allylic oxidation sites excluding steroid dienone is 1. The quantitative estimate of drug-likeness (QED) is 0.592. The summed E-state index contributed by atoms with van der Waals surface area (Å²) >= 11 is 0. The van der Waals surface area contributed by atoms with Gasteiger partial charge in [-0.2, -0.15) is 0 Å². The molecule has 0 unspecified atom stereocenters. The number of benzene rings is 2. The first-order chi connectivity index (χ1) is 7.25. The zero-order valence-corrected chi connectivity index (χ0v) is 9.17. The molecule has 15 heavy (non-hydrogen) atoms. The minimum absolute atomic E-state index is 1.12. The molecule has 0 radical (unpaired) electrons. The molecule has 0 aromatic heterocycles. The summed E-state index contributed by atoms with van der Waals surface area (Å²) in [5.74, 6) is 0. The molecule has 2 aromatic carbocycles. The van der Waals surface area contributed by atoms with Crippen LogP contribution in [0.1, 0.15) is 23.6 Å². The van der Waals surface area contributed by atoms with E-state index in [1.165, 1.54) is 33.0 Å². The van der Waals surface area contributed by atoms with E-state index in [2.05, 4.69) is 50.3 Å². The molecule has 0 heterocycles. The van der Waals surface area contributed by atoms with Gasteiger partial charge in [-0.25, -0.2) is 0 Å². The third-order valence-corrected chi connectivity index (χ3v) is 3.27. The van der Waals surface area contributed by atoms with Crippen LogP contribution in [-0.4, -0.2) is 0 Å². The summed E-state index contributed by atoms with van der Waals surface area (Å²) < 4.78 is 0. The van der Waals surface area contributed by atoms with Crippen LogP contribution in [0.5, 0.6) is 0 Å². The van der Waals surface area contributed by atoms with Crippen molar-refractivity contribution in [2.45, 2.75) is 20.3 Å². The largest absolute Gasteiger partial charge is 0.0683 e. The van der Waals surface area contributed by atoms with Crippen molar-refractivity contribution < 1.29 is 0 Å². The molecule has 0 fully saturated rings. The van der Waals surface area contributed by atoms with Crippen molar-refractivity contribution >= 4 is 16.8 Å². The van der Waals surface area contributed by atoms with Gasteiger partial charge in [0.1, 0.15) is 0 Å². The fourth-order valence-corrected chi connectivity index (χ4v) is 2.51. The van der Waals surface area contributed by atoms with Gasteiger partial charge in [0.2, 0.25) is 0 Å². The second-order valence-electron chi connectivity index (χ2n) is 4.48. The van der Waals surface area contributed by atoms with Crippen LogP contribution in [0.15, 0.2) is 35.9 Å². The molecule has 0 N–H and O–H groups in total. The normalized spacial score (nSPS) is 14.1. The summed E-state index contributed by atoms with van der Waals surface area (Å²) in [5, 5.41) is 2.80. The van der Waals surface area contributed by atoms with E-state index in [0.717, 1.165) is 6.42 Å². The lowest BCUT2D eigenvalue weighted by Crippen LogP contribution is -1.86. The number of fused-ring (bicyclic) bond motifs is 3. The predicted octanol–water partition coefficient (Wildman–Crippen LogP) is 4.11. The Hall–Kier alpha value is -1.56. The van der Waals surface area contributed by atoms with Gasteiger partial charge in [0, 0.05) is 0 Å². The summed E-state index contributed by atoms with van der Waals surface area (Å²) in [6.07, 6.45) is 3.45. The maximum absolute atomic E-state index is 2.33. The van der Waals surface area contributed by atoms with Gasteiger partial charge >= 0.3 is 0 Å². The van der Waals surface area contributed by atoms with Crippen LogP contribution < -0.4 is 0 Å². The third kappa shape index (κ3) is 1.21. The Morgan fingerprint density at radius 1 is 0.933 bits per heavy atom. The highest BCUT2D eigenvalue weighted by atomic mass is 14.2. The SMILES string of the molecule is CC1=Cc2c(ccc3c(C)cccc23)C1. The number of aryl methyl sites for hydroxylation is 1. The average molecular weight is 194 g/mol. The zero-order chi connectivity index (χ0) is 10.4. The highest BCUT2D eigenvalue weighted by Crippen LogP contribution is 2.32. The Kier molecular flexibility index (Phi) is 1.72. The van der Waals surface area contributed by atoms with E-state index in [0.29, 0.717) is 0 Å². The standard InChI is InChI=1S/C15H14/c1-10-8-12-6-7-13-11(2)4-3-5-14(13)15(12)9-10/h3-7,9H,8H2,1-2H3. The van der Waals surface area contributed by atoms with E-state index in [-0.39, 0.29) is 0 Å². The Balaban J connectivity index is 2.44. The van der Waals surface area contributed by atoms with Crippen molar-refractivity contribution in [3.8, 4) is 0 Å². The first kappa shape index (κ1) is 8.72. The van der Waals surface area contributed by atoms with Gasteiger partial charge in [0.15, 0.2) is 0 Å². The minimum Gasteiger partial charge on any atom is -0.0683 e. The minimum atomic E-state index is 1.12. The molecule has 0 saturated heterocycles. The van der Waals surface area contributed by atoms with Gasteiger partial charge in [-0.1, -0.05) is 42.0 Å². The van der Waals surface area contributed by atoms with Crippen LogP contribution in [0.4, 0.5) is 0 Å². The molecule has 0 bridgehead atoms. The van der Waals surface area contributed by atoms with Crippen LogP contribution in [0.2, 0.25) is 0 Å². The Labute approximate surface area is 90.2 Å². The molecule has 0 amide bonds. The van der Waals surface area contributed by atoms with Crippen molar-refractivity contribution in [2.24, 2.45) is 0 Å². The van der Waals surface area contributed by atoms with Gasteiger partial charge in [-0.3, -0.25) is 0 Å². The molecule has 0 aliphatic heterocycles. The Bertz CT molecular complexity index is 574. The Morgan fingerprint density at radius 3 is 2.67 bits per heavy atom. The van der Waals surface area contributed by atoms with E-state index < -0.39 is 0 Å². The lowest BCUT2D eigenvalue weighted by atomic mass is 9.98. The molecule has 0 nitrogen and oxygen atoms in total. The van der Waals surface area contributed by atoms with E-state index >= 15 is 0 Å². The van der Waals surface area contributed by atoms with Crippen molar-refractivity contribution in [2.75, 3.05) is 0 Å². The fourth-order valence-electron chi connectivity index (χ4n) is 2.51. The molecule has 74 valence electrons. The third-order valence-electron chi connectivity index (χ3n) is 3.27. The molecule has 3 rings (SSSR count). The topological polar surface area (TPSA) is 0 Å². The van der Waals surface area contributed by atoms with Crippen molar-refractivity contribution in [3.63, 3.8) is 0 Å². The lowest BCUT2D eigenvalue weighted by Gasteiger charge is -2.06. The second kappa shape index (κ2) is 2.96. The van der Waals surface area contributed by atoms with E-state index in [4.69, 9.17) is 0 Å². The highest BCUT2D eigenvalue weighted by molar-refractivity contribution is 5.95. The zero-order valence-electron chi connectivity index (χ0n) is 9.17. The van der Waals surface area contributed by atoms with Gasteiger partial charge in [-0.15, -0.1) is 0 Å². The smallest absolute Gasteiger partial charge is 0.00604 e. The summed E-state index contributed by atoms with van der Waals surface area (Å²) in [6, 6.07) is 11.1. The van der Waals surface area contributed by atoms with E-state index in [1.807, 2.05) is 0 Å². The molecule has 0 atom stereocenters. The first-order valence-corrected chi connectivity index (χ1v) is 5.44. The fraction of sp³-hybridized carbons (Fsp3) is 0.200. The molecule has 0 spiro atoms. The molecule has 0 heteroatoms. The maximum atomic E-state index is 2.33. The van der Waals surface area contributed by atoms with Crippen molar-refractivity contribution in [1.82, 2.24) is 0 Å². The second-order valence-corrected chi connectivity index (χ2v) is 4.48. The van der Waals surface area contributed by atoms with Gasteiger partial charge in [0.05, 0.1) is 0 Å². The summed E-state index contributed by atoms with van der Waals surface area (Å²) in [7, 11) is 0. The highest BCUT2D eigenvalue weighted by Gasteiger charge is 2.12. The molecule has 2 aromatic rings. The van der Waals surface area contributed by atoms with E-state index in [1.54, 1.807) is 0 Å². The lowest BCUT2D eigenvalue weighted by molar-refractivity contribution is 1.20. The van der Waals surface area contributed by atoms with Crippen LogP contribution in [0.3, 0.4) is 0 Å². The predicted molar refractivity (Wildman–Crippen MR) is 66.0 cm³/mol. The molecule has 1 aliphatic rings. The van der Waals surface area contributed by atoms with Gasteiger partial charge in [0.25, 0.3) is 0 Å². The average Bonchev–Trinajstić information content (AvgIpc) is 2.59. The first-order valence-electron chi connectivity index (χ1n) is 5.44. The summed E-state index contributed by atoms with van der Waals surface area (Å²) in [6.45, 7) is 4.39. The number of hydrogen-bond acceptors (Lipinski definition) is 0. The van der Waals surface area contributed by atoms with Crippen LogP contribution >= 0.6 is 0 Å². The van der Waals surface area contributed by atoms with Crippen molar-refractivity contribution in [1.29, 1.82) is 0 Å². The van der Waals surface area contributed by atoms with Crippen LogP contribution in [-0.2, 0) is 6.42 Å². The van der Waals surface area contributed by atoms with Gasteiger partial charge < -0.3 is 0 Å². The summed E-state index contributed by atoms with van der Waals surface area (Å²) in [5.41, 5.74) is 5.76. The maximum Gasteiger partial charge on any atom is -0.00604 e. The van der Waals surface area contributed by atoms with Gasteiger partial charge in [-0.05, 0) is 47.7 Å². The molecule has 0 saturated carbocycles. The van der Waals surface area contributed by atoms with Crippen molar-refractivity contribution in [3.05, 3.63) is 52.6 Å². The molecule has 1 aliphatic carbocycles. The van der Waals surface area contributed by atoms with E-state index in [9.17, 15) is 0 Å². The molecular weight excluding hydrogens is 180 g/mol. The van der Waals surface area contributed by atoms with Crippen LogP contribution in [0, 0.1) is 6.92 Å².